The number of ether oxygens (including phenoxy) is 2. The highest BCUT2D eigenvalue weighted by Gasteiger charge is 2.58. The van der Waals surface area contributed by atoms with Crippen LogP contribution in [0.25, 0.3) is 0 Å². The Hall–Kier alpha value is -3.15. The van der Waals surface area contributed by atoms with Crippen molar-refractivity contribution in [3.8, 4) is 5.75 Å². The summed E-state index contributed by atoms with van der Waals surface area (Å²) in [5.41, 5.74) is 0.522. The molecule has 5 nitrogen and oxygen atoms in total. The fourth-order valence-electron chi connectivity index (χ4n) is 3.49. The minimum Gasteiger partial charge on any atom is -0.572 e. The highest BCUT2D eigenvalue weighted by atomic mass is 16.7. The zero-order chi connectivity index (χ0) is 19.7. The van der Waals surface area contributed by atoms with E-state index in [0.717, 1.165) is 10.6 Å². The molecule has 28 heavy (non-hydrogen) atoms. The number of benzene rings is 3. The molecule has 1 heterocycles. The van der Waals surface area contributed by atoms with Crippen LogP contribution < -0.4 is 9.80 Å². The molecule has 3 aromatic carbocycles. The van der Waals surface area contributed by atoms with E-state index in [1.165, 1.54) is 0 Å². The van der Waals surface area contributed by atoms with Gasteiger partial charge < -0.3 is 14.7 Å². The lowest BCUT2D eigenvalue weighted by Gasteiger charge is -2.43. The smallest absolute Gasteiger partial charge is 0.358 e. The minimum absolute atomic E-state index is 0.336. The largest absolute Gasteiger partial charge is 0.572 e. The summed E-state index contributed by atoms with van der Waals surface area (Å²) in [6, 6.07) is 23.0. The van der Waals surface area contributed by atoms with Gasteiger partial charge >= 0.3 is 11.7 Å². The lowest BCUT2D eigenvalue weighted by Crippen LogP contribution is -2.59. The number of anilines is 1. The third-order valence-corrected chi connectivity index (χ3v) is 4.93. The average Bonchev–Trinajstić information content (AvgIpc) is 2.73. The number of hydrogen-bond donors (Lipinski definition) is 0. The van der Waals surface area contributed by atoms with Gasteiger partial charge in [-0.1, -0.05) is 42.5 Å². The summed E-state index contributed by atoms with van der Waals surface area (Å²) in [5.74, 6) is -0.118. The molecule has 3 aromatic rings. The quantitative estimate of drug-likeness (QED) is 0.377. The zero-order valence-corrected chi connectivity index (χ0v) is 15.7. The Kier molecular flexibility index (Phi) is 4.63. The van der Waals surface area contributed by atoms with Crippen LogP contribution in [0.5, 0.6) is 5.75 Å². The van der Waals surface area contributed by atoms with E-state index in [2.05, 4.69) is 0 Å². The van der Waals surface area contributed by atoms with Gasteiger partial charge in [0.2, 0.25) is 5.69 Å². The molecule has 0 aromatic heterocycles. The molecule has 141 valence electrons. The Morgan fingerprint density at radius 1 is 1.04 bits per heavy atom. The van der Waals surface area contributed by atoms with Gasteiger partial charge in [-0.3, -0.25) is 0 Å². The number of carbonyl (C=O) groups excluding carboxylic acids is 1. The van der Waals surface area contributed by atoms with Gasteiger partial charge in [0, 0.05) is 6.07 Å². The van der Waals surface area contributed by atoms with Crippen molar-refractivity contribution >= 4 is 11.7 Å². The van der Waals surface area contributed by atoms with Crippen molar-refractivity contribution in [3.05, 3.63) is 101 Å². The third-order valence-electron chi connectivity index (χ3n) is 4.93. The molecular formula is C23H20NO4. The predicted octanol–water partition coefficient (Wildman–Crippen LogP) is 4.76. The second kappa shape index (κ2) is 7.11. The van der Waals surface area contributed by atoms with Gasteiger partial charge in [0.05, 0.1) is 11.1 Å². The number of rotatable bonds is 3. The standard InChI is InChI=1S/C23H20NO4/c1-16-13-14-21-20(15-16)24(26)23(17(2)27-21,19-11-7-4-8-12-19)28-22(25)18-9-5-3-6-10-18/h3-15,17H,1-2H3. The number of esters is 1. The topological polar surface area (TPSA) is 64.5 Å². The average molecular weight is 374 g/mol. The van der Waals surface area contributed by atoms with Crippen molar-refractivity contribution in [2.45, 2.75) is 25.7 Å². The molecule has 2 atom stereocenters. The second-order valence-corrected chi connectivity index (χ2v) is 6.84. The van der Waals surface area contributed by atoms with Crippen LogP contribution in [0, 0.1) is 12.1 Å². The first kappa shape index (κ1) is 18.2. The molecule has 0 spiro atoms. The third kappa shape index (κ3) is 2.95. The predicted molar refractivity (Wildman–Crippen MR) is 106 cm³/mol. The van der Waals surface area contributed by atoms with Gasteiger partial charge in [0.15, 0.2) is 11.9 Å². The molecule has 0 saturated heterocycles. The van der Waals surface area contributed by atoms with Gasteiger partial charge in [-0.05, 0) is 49.7 Å². The van der Waals surface area contributed by atoms with E-state index in [4.69, 9.17) is 9.47 Å². The number of hydroxylamine groups is 1. The lowest BCUT2D eigenvalue weighted by atomic mass is 9.94. The molecule has 1 aliphatic rings. The van der Waals surface area contributed by atoms with Crippen LogP contribution in [0.4, 0.5) is 5.69 Å². The van der Waals surface area contributed by atoms with Crippen LogP contribution in [0.3, 0.4) is 0 Å². The Morgan fingerprint density at radius 2 is 1.68 bits per heavy atom. The summed E-state index contributed by atoms with van der Waals surface area (Å²) in [6.45, 7) is 3.63. The molecule has 1 radical (unpaired) electrons. The van der Waals surface area contributed by atoms with E-state index < -0.39 is 17.8 Å². The summed E-state index contributed by atoms with van der Waals surface area (Å²) in [6.07, 6.45) is -0.727. The maximum absolute atomic E-state index is 13.6. The molecule has 1 aliphatic heterocycles. The van der Waals surface area contributed by atoms with Crippen molar-refractivity contribution < 1.29 is 14.3 Å². The summed E-state index contributed by atoms with van der Waals surface area (Å²) in [5, 5.41) is 14.4. The number of aryl methyl sites for hydroxylation is 1. The van der Waals surface area contributed by atoms with Gasteiger partial charge in [-0.25, -0.2) is 4.79 Å². The molecule has 0 saturated carbocycles. The number of carbonyl (C=O) groups is 1. The monoisotopic (exact) mass is 374 g/mol. The second-order valence-electron chi connectivity index (χ2n) is 6.84. The van der Waals surface area contributed by atoms with Crippen LogP contribution in [0.1, 0.15) is 28.4 Å². The molecule has 5 heteroatoms. The molecule has 2 unspecified atom stereocenters. The van der Waals surface area contributed by atoms with E-state index in [-0.39, 0.29) is 0 Å². The Labute approximate surface area is 163 Å². The summed E-state index contributed by atoms with van der Waals surface area (Å²) in [7, 11) is 0. The Bertz CT molecular complexity index is 990. The highest BCUT2D eigenvalue weighted by Crippen LogP contribution is 2.46. The molecule has 0 fully saturated rings. The Balaban J connectivity index is 1.85. The van der Waals surface area contributed by atoms with E-state index in [1.54, 1.807) is 67.6 Å². The van der Waals surface area contributed by atoms with E-state index >= 15 is 0 Å². The van der Waals surface area contributed by atoms with Crippen molar-refractivity contribution in [2.24, 2.45) is 0 Å². The first-order valence-corrected chi connectivity index (χ1v) is 9.11. The number of nitrogens with zero attached hydrogens (tertiary/aromatic N) is 1. The maximum Gasteiger partial charge on any atom is 0.358 e. The molecule has 4 rings (SSSR count). The lowest BCUT2D eigenvalue weighted by molar-refractivity contribution is -0.123. The fourth-order valence-corrected chi connectivity index (χ4v) is 3.49. The van der Waals surface area contributed by atoms with Crippen LogP contribution >= 0.6 is 0 Å². The molecule has 0 amide bonds. The molecule has 0 N–H and O–H groups in total. The molecular weight excluding hydrogens is 354 g/mol. The van der Waals surface area contributed by atoms with Crippen molar-refractivity contribution in [1.29, 1.82) is 0 Å². The van der Waals surface area contributed by atoms with Crippen LogP contribution in [0.2, 0.25) is 0 Å². The van der Waals surface area contributed by atoms with Gasteiger partial charge in [-0.2, -0.15) is 0 Å². The van der Waals surface area contributed by atoms with E-state index in [1.807, 2.05) is 25.1 Å². The first-order chi connectivity index (χ1) is 13.5. The van der Waals surface area contributed by atoms with E-state index in [0.29, 0.717) is 22.6 Å². The van der Waals surface area contributed by atoms with Crippen molar-refractivity contribution in [3.63, 3.8) is 0 Å². The number of hydrogen-bond acceptors (Lipinski definition) is 5. The van der Waals surface area contributed by atoms with E-state index in [9.17, 15) is 10.0 Å². The van der Waals surface area contributed by atoms with Gasteiger partial charge in [0.25, 0.3) is 0 Å². The SMILES string of the molecule is Cc1ccc2c(c1)[N+]([O-])C(OC(=O)c1ccccc1)(c1ccccc1)C(C)O2. The molecule has 0 bridgehead atoms. The van der Waals surface area contributed by atoms with Crippen molar-refractivity contribution in [2.75, 3.05) is 0 Å². The normalized spacial score (nSPS) is 21.5. The van der Waals surface area contributed by atoms with Gasteiger partial charge in [0.1, 0.15) is 0 Å². The van der Waals surface area contributed by atoms with Crippen LogP contribution in [0.15, 0.2) is 78.9 Å². The molecule has 0 aliphatic carbocycles. The number of fused-ring (bicyclic) bond motifs is 1. The maximum atomic E-state index is 13.6. The summed E-state index contributed by atoms with van der Waals surface area (Å²) < 4.78 is 12.0. The summed E-state index contributed by atoms with van der Waals surface area (Å²) in [4.78, 5) is 12.9. The van der Waals surface area contributed by atoms with Gasteiger partial charge in [-0.15, -0.1) is 5.06 Å². The summed E-state index contributed by atoms with van der Waals surface area (Å²) >= 11 is 0. The first-order valence-electron chi connectivity index (χ1n) is 9.11. The zero-order valence-electron chi connectivity index (χ0n) is 15.7. The highest BCUT2D eigenvalue weighted by molar-refractivity contribution is 5.89. The van der Waals surface area contributed by atoms with Crippen molar-refractivity contribution in [1.82, 2.24) is 5.06 Å². The fraction of sp³-hybridized carbons (Fsp3) is 0.174. The van der Waals surface area contributed by atoms with Crippen LogP contribution in [-0.2, 0) is 10.5 Å². The minimum atomic E-state index is -1.64. The Morgan fingerprint density at radius 3 is 2.36 bits per heavy atom. The van der Waals surface area contributed by atoms with Crippen LogP contribution in [-0.4, -0.2) is 12.1 Å².